The van der Waals surface area contributed by atoms with E-state index in [4.69, 9.17) is 5.73 Å². The van der Waals surface area contributed by atoms with Gasteiger partial charge < -0.3 is 10.6 Å². The normalized spacial score (nSPS) is 12.5. The van der Waals surface area contributed by atoms with Crippen molar-refractivity contribution >= 4 is 5.82 Å². The summed E-state index contributed by atoms with van der Waals surface area (Å²) < 4.78 is 0. The maximum Gasteiger partial charge on any atom is 0.131 e. The molecule has 1 heterocycles. The molecule has 0 saturated carbocycles. The molecule has 0 bridgehead atoms. The summed E-state index contributed by atoms with van der Waals surface area (Å²) in [6, 6.07) is 2.47. The van der Waals surface area contributed by atoms with Gasteiger partial charge in [-0.25, -0.2) is 4.98 Å². The smallest absolute Gasteiger partial charge is 0.131 e. The molecule has 0 aromatic carbocycles. The van der Waals surface area contributed by atoms with E-state index in [1.54, 1.807) is 0 Å². The molecule has 1 aromatic heterocycles. The van der Waals surface area contributed by atoms with Crippen LogP contribution in [0.4, 0.5) is 5.82 Å². The fourth-order valence-electron chi connectivity index (χ4n) is 2.09. The largest absolute Gasteiger partial charge is 0.359 e. The molecular weight excluding hydrogens is 222 g/mol. The van der Waals surface area contributed by atoms with Crippen LogP contribution in [0.2, 0.25) is 0 Å². The number of hydrogen-bond acceptors (Lipinski definition) is 3. The van der Waals surface area contributed by atoms with Crippen LogP contribution in [0.5, 0.6) is 0 Å². The second kappa shape index (κ2) is 7.37. The lowest BCUT2D eigenvalue weighted by Gasteiger charge is -2.20. The molecule has 0 aliphatic rings. The molecule has 18 heavy (non-hydrogen) atoms. The summed E-state index contributed by atoms with van der Waals surface area (Å²) in [5.74, 6) is 1.09. The molecule has 1 rings (SSSR count). The number of pyridine rings is 1. The number of aryl methyl sites for hydroxylation is 1. The predicted octanol–water partition coefficient (Wildman–Crippen LogP) is 2.91. The van der Waals surface area contributed by atoms with Gasteiger partial charge in [0.1, 0.15) is 5.82 Å². The average molecular weight is 249 g/mol. The molecule has 2 N–H and O–H groups in total. The highest BCUT2D eigenvalue weighted by Crippen LogP contribution is 2.18. The Labute approximate surface area is 111 Å². The van der Waals surface area contributed by atoms with E-state index in [-0.39, 0.29) is 6.04 Å². The van der Waals surface area contributed by atoms with Crippen molar-refractivity contribution in [3.63, 3.8) is 0 Å². The first-order valence-corrected chi connectivity index (χ1v) is 7.00. The zero-order valence-corrected chi connectivity index (χ0v) is 12.2. The van der Waals surface area contributed by atoms with Gasteiger partial charge in [-0.2, -0.15) is 0 Å². The van der Waals surface area contributed by atoms with E-state index in [1.165, 1.54) is 24.0 Å². The minimum Gasteiger partial charge on any atom is -0.359 e. The highest BCUT2D eigenvalue weighted by molar-refractivity contribution is 5.46. The van der Waals surface area contributed by atoms with Crippen LogP contribution >= 0.6 is 0 Å². The van der Waals surface area contributed by atoms with Gasteiger partial charge in [0.15, 0.2) is 0 Å². The lowest BCUT2D eigenvalue weighted by molar-refractivity contribution is 0.644. The Hall–Kier alpha value is -1.09. The molecule has 1 aromatic rings. The first-order valence-electron chi connectivity index (χ1n) is 7.00. The SMILES string of the molecule is CCCCN(C)c1ncc(CC(N)CC)cc1C. The molecule has 1 atom stereocenters. The second-order valence-electron chi connectivity index (χ2n) is 5.13. The van der Waals surface area contributed by atoms with E-state index in [1.807, 2.05) is 6.20 Å². The molecule has 0 fully saturated rings. The number of anilines is 1. The quantitative estimate of drug-likeness (QED) is 0.808. The van der Waals surface area contributed by atoms with Crippen LogP contribution in [0, 0.1) is 6.92 Å². The molecule has 0 radical (unpaired) electrons. The monoisotopic (exact) mass is 249 g/mol. The van der Waals surface area contributed by atoms with Crippen LogP contribution in [-0.4, -0.2) is 24.6 Å². The number of unbranched alkanes of at least 4 members (excludes halogenated alkanes) is 1. The van der Waals surface area contributed by atoms with Crippen molar-refractivity contribution in [1.29, 1.82) is 0 Å². The molecule has 0 spiro atoms. The maximum atomic E-state index is 5.98. The van der Waals surface area contributed by atoms with Crippen molar-refractivity contribution in [3.8, 4) is 0 Å². The molecular formula is C15H27N3. The van der Waals surface area contributed by atoms with Crippen LogP contribution in [-0.2, 0) is 6.42 Å². The minimum absolute atomic E-state index is 0.245. The van der Waals surface area contributed by atoms with Crippen LogP contribution < -0.4 is 10.6 Å². The first kappa shape index (κ1) is 15.0. The van der Waals surface area contributed by atoms with Crippen LogP contribution in [0.25, 0.3) is 0 Å². The summed E-state index contributed by atoms with van der Waals surface area (Å²) in [6.07, 6.45) is 6.33. The van der Waals surface area contributed by atoms with Gasteiger partial charge in [0.25, 0.3) is 0 Å². The van der Waals surface area contributed by atoms with Gasteiger partial charge in [-0.3, -0.25) is 0 Å². The molecule has 0 aliphatic heterocycles. The second-order valence-corrected chi connectivity index (χ2v) is 5.13. The van der Waals surface area contributed by atoms with Gasteiger partial charge in [0.05, 0.1) is 0 Å². The van der Waals surface area contributed by atoms with Gasteiger partial charge >= 0.3 is 0 Å². The van der Waals surface area contributed by atoms with E-state index in [9.17, 15) is 0 Å². The Morgan fingerprint density at radius 1 is 1.39 bits per heavy atom. The molecule has 3 nitrogen and oxygen atoms in total. The van der Waals surface area contributed by atoms with Gasteiger partial charge in [-0.15, -0.1) is 0 Å². The maximum absolute atomic E-state index is 5.98. The average Bonchev–Trinajstić information content (AvgIpc) is 2.36. The predicted molar refractivity (Wildman–Crippen MR) is 79.1 cm³/mol. The van der Waals surface area contributed by atoms with Gasteiger partial charge in [-0.05, 0) is 37.3 Å². The Morgan fingerprint density at radius 2 is 2.11 bits per heavy atom. The van der Waals surface area contributed by atoms with Gasteiger partial charge in [0.2, 0.25) is 0 Å². The summed E-state index contributed by atoms with van der Waals surface area (Å²) in [5, 5.41) is 0. The fourth-order valence-corrected chi connectivity index (χ4v) is 2.09. The van der Waals surface area contributed by atoms with Crippen LogP contribution in [0.3, 0.4) is 0 Å². The number of rotatable bonds is 7. The summed E-state index contributed by atoms with van der Waals surface area (Å²) in [6.45, 7) is 7.53. The summed E-state index contributed by atoms with van der Waals surface area (Å²) in [7, 11) is 2.11. The molecule has 0 saturated heterocycles. The third-order valence-electron chi connectivity index (χ3n) is 3.34. The number of aromatic nitrogens is 1. The summed E-state index contributed by atoms with van der Waals surface area (Å²) in [5.41, 5.74) is 8.47. The minimum atomic E-state index is 0.245. The standard InChI is InChI=1S/C15H27N3/c1-5-7-8-18(4)15-12(3)9-13(11-17-15)10-14(16)6-2/h9,11,14H,5-8,10,16H2,1-4H3. The number of nitrogens with two attached hydrogens (primary N) is 1. The Kier molecular flexibility index (Phi) is 6.13. The third kappa shape index (κ3) is 4.30. The first-order chi connectivity index (χ1) is 8.58. The molecule has 0 aliphatic carbocycles. The van der Waals surface area contributed by atoms with E-state index in [2.05, 4.69) is 43.8 Å². The van der Waals surface area contributed by atoms with E-state index in [0.717, 1.165) is 25.2 Å². The number of hydrogen-bond donors (Lipinski definition) is 1. The van der Waals surface area contributed by atoms with Crippen molar-refractivity contribution in [2.75, 3.05) is 18.5 Å². The lowest BCUT2D eigenvalue weighted by Crippen LogP contribution is -2.23. The van der Waals surface area contributed by atoms with E-state index >= 15 is 0 Å². The Bertz CT molecular complexity index is 363. The highest BCUT2D eigenvalue weighted by atomic mass is 15.2. The summed E-state index contributed by atoms with van der Waals surface area (Å²) >= 11 is 0. The Balaban J connectivity index is 2.72. The van der Waals surface area contributed by atoms with E-state index < -0.39 is 0 Å². The topological polar surface area (TPSA) is 42.2 Å². The zero-order valence-electron chi connectivity index (χ0n) is 12.2. The van der Waals surface area contributed by atoms with Crippen molar-refractivity contribution < 1.29 is 0 Å². The van der Waals surface area contributed by atoms with Crippen LogP contribution in [0.15, 0.2) is 12.3 Å². The fraction of sp³-hybridized carbons (Fsp3) is 0.667. The van der Waals surface area contributed by atoms with Gasteiger partial charge in [-0.1, -0.05) is 26.3 Å². The van der Waals surface area contributed by atoms with E-state index in [0.29, 0.717) is 0 Å². The molecule has 0 amide bonds. The number of nitrogens with zero attached hydrogens (tertiary/aromatic N) is 2. The van der Waals surface area contributed by atoms with Gasteiger partial charge in [0, 0.05) is 25.8 Å². The Morgan fingerprint density at radius 3 is 2.67 bits per heavy atom. The molecule has 1 unspecified atom stereocenters. The third-order valence-corrected chi connectivity index (χ3v) is 3.34. The van der Waals surface area contributed by atoms with Crippen molar-refractivity contribution in [2.45, 2.75) is 52.5 Å². The zero-order chi connectivity index (χ0) is 13.5. The summed E-state index contributed by atoms with van der Waals surface area (Å²) in [4.78, 5) is 6.83. The molecule has 102 valence electrons. The van der Waals surface area contributed by atoms with Crippen molar-refractivity contribution in [2.24, 2.45) is 5.73 Å². The van der Waals surface area contributed by atoms with Crippen molar-refractivity contribution in [1.82, 2.24) is 4.98 Å². The molecule has 3 heteroatoms. The van der Waals surface area contributed by atoms with Crippen LogP contribution in [0.1, 0.15) is 44.2 Å². The lowest BCUT2D eigenvalue weighted by atomic mass is 10.0. The highest BCUT2D eigenvalue weighted by Gasteiger charge is 2.08. The van der Waals surface area contributed by atoms with Crippen molar-refractivity contribution in [3.05, 3.63) is 23.4 Å².